The molecule has 29 heavy (non-hydrogen) atoms. The van der Waals surface area contributed by atoms with E-state index in [9.17, 15) is 20.1 Å². The molecule has 0 saturated carbocycles. The van der Waals surface area contributed by atoms with Crippen molar-refractivity contribution in [3.8, 4) is 23.1 Å². The molecule has 2 heterocycles. The molecule has 0 spiro atoms. The maximum Gasteiger partial charge on any atom is 0.339 e. The lowest BCUT2D eigenvalue weighted by Gasteiger charge is -2.07. The van der Waals surface area contributed by atoms with Crippen LogP contribution in [0, 0.1) is 3.95 Å². The fourth-order valence-corrected chi connectivity index (χ4v) is 4.29. The maximum absolute atomic E-state index is 11.3. The van der Waals surface area contributed by atoms with Crippen LogP contribution in [0.15, 0.2) is 41.4 Å². The van der Waals surface area contributed by atoms with Crippen LogP contribution in [0.5, 0.6) is 17.4 Å². The molecule has 9 heteroatoms. The number of rotatable bonds is 4. The third-order valence-corrected chi connectivity index (χ3v) is 5.74. The van der Waals surface area contributed by atoms with Crippen molar-refractivity contribution < 1.29 is 24.9 Å². The Kier molecular flexibility index (Phi) is 4.69. The van der Waals surface area contributed by atoms with Gasteiger partial charge >= 0.3 is 5.97 Å². The van der Waals surface area contributed by atoms with Gasteiger partial charge in [0.2, 0.25) is 5.88 Å². The molecule has 3 N–H and O–H groups in total. The predicted octanol–water partition coefficient (Wildman–Crippen LogP) is 4.64. The third-order valence-electron chi connectivity index (χ3n) is 4.43. The average molecular weight is 426 g/mol. The van der Waals surface area contributed by atoms with Crippen molar-refractivity contribution in [2.45, 2.75) is 0 Å². The molecule has 0 atom stereocenters. The standard InChI is InChI=1S/C20H14N2O5S2/c1-27-12-3-4-13-10(9-21-15(13)8-12)6-17-18(24)22(20(28)29-17)11-2-5-16(23)14(7-11)19(25)26/h2-9,23-24H,1H3,(H,25,26)/b10-6-. The van der Waals surface area contributed by atoms with E-state index in [1.165, 1.54) is 34.1 Å². The van der Waals surface area contributed by atoms with Gasteiger partial charge in [-0.15, -0.1) is 11.3 Å². The SMILES string of the molecule is COc1ccc2c(c1)N=C/C2=C/c1sc(=S)n(-c2ccc(O)c(C(=O)O)c2)c1O. The van der Waals surface area contributed by atoms with Gasteiger partial charge in [0.05, 0.1) is 23.4 Å². The summed E-state index contributed by atoms with van der Waals surface area (Å²) < 4.78 is 6.90. The minimum atomic E-state index is -1.28. The zero-order chi connectivity index (χ0) is 20.7. The number of benzene rings is 2. The van der Waals surface area contributed by atoms with E-state index >= 15 is 0 Å². The highest BCUT2D eigenvalue weighted by atomic mass is 32.1. The molecule has 1 aliphatic heterocycles. The van der Waals surface area contributed by atoms with E-state index in [2.05, 4.69) is 4.99 Å². The van der Waals surface area contributed by atoms with E-state index in [-0.39, 0.29) is 17.2 Å². The van der Waals surface area contributed by atoms with Gasteiger partial charge in [-0.25, -0.2) is 4.79 Å². The molecule has 0 bridgehead atoms. The number of thiazole rings is 1. The van der Waals surface area contributed by atoms with Crippen molar-refractivity contribution in [1.29, 1.82) is 0 Å². The lowest BCUT2D eigenvalue weighted by atomic mass is 10.1. The molecule has 4 rings (SSSR count). The van der Waals surface area contributed by atoms with Crippen LogP contribution < -0.4 is 4.74 Å². The first-order valence-corrected chi connectivity index (χ1v) is 9.57. The minimum Gasteiger partial charge on any atom is -0.507 e. The summed E-state index contributed by atoms with van der Waals surface area (Å²) in [7, 11) is 1.59. The van der Waals surface area contributed by atoms with E-state index in [1.54, 1.807) is 19.4 Å². The Morgan fingerprint density at radius 2 is 2.03 bits per heavy atom. The maximum atomic E-state index is 11.3. The van der Waals surface area contributed by atoms with Gasteiger partial charge in [-0.1, -0.05) is 0 Å². The van der Waals surface area contributed by atoms with Crippen molar-refractivity contribution >= 4 is 53.1 Å². The van der Waals surface area contributed by atoms with Crippen LogP contribution in [0.1, 0.15) is 20.8 Å². The Morgan fingerprint density at radius 1 is 1.24 bits per heavy atom. The number of hydrogen-bond acceptors (Lipinski definition) is 7. The molecular formula is C20H14N2O5S2. The van der Waals surface area contributed by atoms with Crippen molar-refractivity contribution in [3.05, 3.63) is 56.4 Å². The van der Waals surface area contributed by atoms with Gasteiger partial charge in [0.1, 0.15) is 17.1 Å². The quantitative estimate of drug-likeness (QED) is 0.525. The Labute approximate surface area is 174 Å². The molecule has 3 aromatic rings. The summed E-state index contributed by atoms with van der Waals surface area (Å²) in [5, 5.41) is 29.7. The molecular weight excluding hydrogens is 412 g/mol. The number of phenols is 1. The first-order valence-electron chi connectivity index (χ1n) is 8.34. The van der Waals surface area contributed by atoms with Crippen LogP contribution >= 0.6 is 23.6 Å². The number of allylic oxidation sites excluding steroid dienone is 1. The van der Waals surface area contributed by atoms with E-state index in [4.69, 9.17) is 17.0 Å². The van der Waals surface area contributed by atoms with Crippen LogP contribution in [-0.2, 0) is 0 Å². The summed E-state index contributed by atoms with van der Waals surface area (Å²) >= 11 is 6.55. The Bertz CT molecular complexity index is 1270. The lowest BCUT2D eigenvalue weighted by Crippen LogP contribution is -2.00. The van der Waals surface area contributed by atoms with Crippen molar-refractivity contribution in [3.63, 3.8) is 0 Å². The number of methoxy groups -OCH3 is 1. The van der Waals surface area contributed by atoms with Crippen LogP contribution in [0.4, 0.5) is 5.69 Å². The Morgan fingerprint density at radius 3 is 2.76 bits per heavy atom. The van der Waals surface area contributed by atoms with E-state index in [0.717, 1.165) is 16.8 Å². The minimum absolute atomic E-state index is 0.120. The van der Waals surface area contributed by atoms with Gasteiger partial charge in [0.15, 0.2) is 3.95 Å². The number of carboxylic acids is 1. The first-order chi connectivity index (χ1) is 13.9. The molecule has 0 fully saturated rings. The molecule has 1 aliphatic rings. The number of ether oxygens (including phenoxy) is 1. The summed E-state index contributed by atoms with van der Waals surface area (Å²) in [6.45, 7) is 0. The normalized spacial score (nSPS) is 13.6. The van der Waals surface area contributed by atoms with Crippen LogP contribution in [0.25, 0.3) is 17.3 Å². The summed E-state index contributed by atoms with van der Waals surface area (Å²) in [5.74, 6) is -1.06. The molecule has 146 valence electrons. The first kappa shape index (κ1) is 18.9. The Hall–Kier alpha value is -3.43. The summed E-state index contributed by atoms with van der Waals surface area (Å²) in [5.41, 5.74) is 2.53. The molecule has 0 radical (unpaired) electrons. The van der Waals surface area contributed by atoms with Gasteiger partial charge in [0.25, 0.3) is 0 Å². The van der Waals surface area contributed by atoms with Crippen LogP contribution in [-0.4, -0.2) is 39.2 Å². The molecule has 0 aliphatic carbocycles. The highest BCUT2D eigenvalue weighted by Crippen LogP contribution is 2.38. The number of aromatic hydroxyl groups is 2. The lowest BCUT2D eigenvalue weighted by molar-refractivity contribution is 0.0693. The van der Waals surface area contributed by atoms with Crippen LogP contribution in [0.3, 0.4) is 0 Å². The number of carbonyl (C=O) groups is 1. The van der Waals surface area contributed by atoms with Crippen molar-refractivity contribution in [2.24, 2.45) is 4.99 Å². The number of aromatic nitrogens is 1. The largest absolute Gasteiger partial charge is 0.507 e. The van der Waals surface area contributed by atoms with Gasteiger partial charge in [-0.2, -0.15) is 0 Å². The van der Waals surface area contributed by atoms with Crippen molar-refractivity contribution in [2.75, 3.05) is 7.11 Å². The number of fused-ring (bicyclic) bond motifs is 1. The molecule has 7 nitrogen and oxygen atoms in total. The number of nitrogens with zero attached hydrogens (tertiary/aromatic N) is 2. The topological polar surface area (TPSA) is 104 Å². The zero-order valence-electron chi connectivity index (χ0n) is 15.0. The summed E-state index contributed by atoms with van der Waals surface area (Å²) in [6.07, 6.45) is 3.46. The second-order valence-corrected chi connectivity index (χ2v) is 7.81. The zero-order valence-corrected chi connectivity index (χ0v) is 16.6. The fourth-order valence-electron chi connectivity index (χ4n) is 2.99. The number of aliphatic imine (C=N–C) groups is 1. The highest BCUT2D eigenvalue weighted by molar-refractivity contribution is 7.73. The van der Waals surface area contributed by atoms with Gasteiger partial charge in [0, 0.05) is 23.4 Å². The van der Waals surface area contributed by atoms with E-state index in [1.807, 2.05) is 18.2 Å². The number of hydrogen-bond donors (Lipinski definition) is 3. The van der Waals surface area contributed by atoms with Gasteiger partial charge in [-0.3, -0.25) is 9.56 Å². The van der Waals surface area contributed by atoms with E-state index in [0.29, 0.717) is 20.3 Å². The molecule has 0 amide bonds. The smallest absolute Gasteiger partial charge is 0.339 e. The van der Waals surface area contributed by atoms with E-state index < -0.39 is 5.97 Å². The summed E-state index contributed by atoms with van der Waals surface area (Å²) in [4.78, 5) is 16.2. The third kappa shape index (κ3) is 3.30. The monoisotopic (exact) mass is 426 g/mol. The molecule has 1 aromatic heterocycles. The fraction of sp³-hybridized carbons (Fsp3) is 0.0500. The number of carboxylic acid groups (broad SMARTS) is 1. The van der Waals surface area contributed by atoms with Crippen LogP contribution in [0.2, 0.25) is 0 Å². The number of aromatic carboxylic acids is 1. The molecule has 0 unspecified atom stereocenters. The second-order valence-electron chi connectivity index (χ2n) is 6.14. The highest BCUT2D eigenvalue weighted by Gasteiger charge is 2.18. The van der Waals surface area contributed by atoms with Crippen molar-refractivity contribution in [1.82, 2.24) is 4.57 Å². The molecule has 0 saturated heterocycles. The average Bonchev–Trinajstić information content (AvgIpc) is 3.22. The predicted molar refractivity (Wildman–Crippen MR) is 114 cm³/mol. The molecule has 2 aromatic carbocycles. The Balaban J connectivity index is 1.78. The summed E-state index contributed by atoms with van der Waals surface area (Å²) in [6, 6.07) is 9.54. The second kappa shape index (κ2) is 7.19. The van der Waals surface area contributed by atoms with Gasteiger partial charge in [-0.05, 0) is 48.6 Å². The van der Waals surface area contributed by atoms with Gasteiger partial charge < -0.3 is 20.1 Å².